The molecule has 122 valence electrons. The highest BCUT2D eigenvalue weighted by Crippen LogP contribution is 2.37. The molecule has 1 aliphatic carbocycles. The average molecular weight is 313 g/mol. The highest BCUT2D eigenvalue weighted by molar-refractivity contribution is 6.73. The molecule has 0 aliphatic heterocycles. The second kappa shape index (κ2) is 7.59. The van der Waals surface area contributed by atoms with Gasteiger partial charge in [-0.25, -0.2) is 0 Å². The third kappa shape index (κ3) is 4.43. The maximum atomic E-state index is 12.5. The fraction of sp³-hybridized carbons (Fsp3) is 0.824. The summed E-state index contributed by atoms with van der Waals surface area (Å²) in [5, 5.41) is 0. The van der Waals surface area contributed by atoms with E-state index in [1.807, 2.05) is 6.92 Å². The summed E-state index contributed by atoms with van der Waals surface area (Å²) in [6.07, 6.45) is 3.37. The lowest BCUT2D eigenvalue weighted by Gasteiger charge is -2.43. The highest BCUT2D eigenvalue weighted by Gasteiger charge is 2.43. The molecular weight excluding hydrogens is 280 g/mol. The van der Waals surface area contributed by atoms with Crippen molar-refractivity contribution in [3.8, 4) is 0 Å². The molecule has 0 saturated heterocycles. The third-order valence-electron chi connectivity index (χ3n) is 4.91. The maximum absolute atomic E-state index is 12.5. The third-order valence-corrected chi connectivity index (χ3v) is 9.73. The van der Waals surface area contributed by atoms with Crippen LogP contribution < -0.4 is 0 Å². The Labute approximate surface area is 131 Å². The van der Waals surface area contributed by atoms with Gasteiger partial charge in [-0.3, -0.25) is 4.79 Å². The quantitative estimate of drug-likeness (QED) is 0.610. The number of rotatable bonds is 8. The second-order valence-electron chi connectivity index (χ2n) is 6.49. The molecule has 1 aliphatic rings. The summed E-state index contributed by atoms with van der Waals surface area (Å²) in [6, 6.07) is 3.35. The molecule has 3 nitrogen and oxygen atoms in total. The van der Waals surface area contributed by atoms with Crippen LogP contribution in [0.5, 0.6) is 0 Å². The van der Waals surface area contributed by atoms with E-state index in [9.17, 15) is 4.79 Å². The second-order valence-corrected chi connectivity index (χ2v) is 11.2. The van der Waals surface area contributed by atoms with Crippen molar-refractivity contribution in [2.45, 2.75) is 78.1 Å². The Bertz CT molecular complexity index is 375. The molecule has 0 heterocycles. The van der Waals surface area contributed by atoms with Crippen molar-refractivity contribution in [1.82, 2.24) is 0 Å². The van der Waals surface area contributed by atoms with Gasteiger partial charge in [-0.05, 0) is 45.3 Å². The van der Waals surface area contributed by atoms with Gasteiger partial charge in [-0.15, -0.1) is 0 Å². The zero-order valence-electron chi connectivity index (χ0n) is 14.6. The summed E-state index contributed by atoms with van der Waals surface area (Å²) in [4.78, 5) is 12.5. The van der Waals surface area contributed by atoms with Gasteiger partial charge in [0, 0.05) is 18.4 Å². The molecule has 0 radical (unpaired) electrons. The van der Waals surface area contributed by atoms with Gasteiger partial charge in [0.2, 0.25) is 0 Å². The van der Waals surface area contributed by atoms with E-state index in [2.05, 4.69) is 34.6 Å². The van der Waals surface area contributed by atoms with Crippen molar-refractivity contribution < 1.29 is 14.0 Å². The summed E-state index contributed by atoms with van der Waals surface area (Å²) in [7, 11) is -1.70. The van der Waals surface area contributed by atoms with Crippen LogP contribution in [0.3, 0.4) is 0 Å². The lowest BCUT2D eigenvalue weighted by molar-refractivity contribution is -0.126. The maximum Gasteiger partial charge on any atom is 0.192 e. The molecular formula is C17H32O3Si. The van der Waals surface area contributed by atoms with Gasteiger partial charge in [0.05, 0.1) is 18.0 Å². The van der Waals surface area contributed by atoms with Crippen molar-refractivity contribution in [2.75, 3.05) is 6.61 Å². The fourth-order valence-corrected chi connectivity index (χ4v) is 6.54. The first-order valence-electron chi connectivity index (χ1n) is 8.41. The first-order valence-corrected chi connectivity index (χ1v) is 10.9. The minimum Gasteiger partial charge on any atom is -0.498 e. The first-order chi connectivity index (χ1) is 9.84. The molecule has 0 bridgehead atoms. The van der Waals surface area contributed by atoms with Gasteiger partial charge in [0.15, 0.2) is 14.1 Å². The smallest absolute Gasteiger partial charge is 0.192 e. The molecule has 0 fully saturated rings. The SMILES string of the molecule is CCOC1=CC(=O)C(C(C)(C)O[Si](CC)(CC)CC)CC1. The van der Waals surface area contributed by atoms with Crippen LogP contribution in [-0.2, 0) is 14.0 Å². The predicted octanol–water partition coefficient (Wildman–Crippen LogP) is 4.69. The summed E-state index contributed by atoms with van der Waals surface area (Å²) in [5.74, 6) is 0.957. The van der Waals surface area contributed by atoms with E-state index in [4.69, 9.17) is 9.16 Å². The largest absolute Gasteiger partial charge is 0.498 e. The van der Waals surface area contributed by atoms with Gasteiger partial charge in [0.1, 0.15) is 0 Å². The van der Waals surface area contributed by atoms with Crippen LogP contribution in [0.25, 0.3) is 0 Å². The number of hydrogen-bond acceptors (Lipinski definition) is 3. The van der Waals surface area contributed by atoms with Gasteiger partial charge < -0.3 is 9.16 Å². The van der Waals surface area contributed by atoms with Crippen molar-refractivity contribution in [3.05, 3.63) is 11.8 Å². The minimum atomic E-state index is -1.70. The van der Waals surface area contributed by atoms with Crippen molar-refractivity contribution >= 4 is 14.1 Å². The monoisotopic (exact) mass is 312 g/mol. The summed E-state index contributed by atoms with van der Waals surface area (Å²) < 4.78 is 12.1. The number of hydrogen-bond donors (Lipinski definition) is 0. The van der Waals surface area contributed by atoms with Gasteiger partial charge in [0.25, 0.3) is 0 Å². The van der Waals surface area contributed by atoms with Crippen LogP contribution in [-0.4, -0.2) is 26.3 Å². The summed E-state index contributed by atoms with van der Waals surface area (Å²) in [6.45, 7) is 13.5. The fourth-order valence-electron chi connectivity index (χ4n) is 3.35. The molecule has 4 heteroatoms. The molecule has 0 spiro atoms. The molecule has 21 heavy (non-hydrogen) atoms. The minimum absolute atomic E-state index is 0.0433. The lowest BCUT2D eigenvalue weighted by atomic mass is 9.80. The van der Waals surface area contributed by atoms with Crippen LogP contribution in [0.15, 0.2) is 11.8 Å². The average Bonchev–Trinajstić information content (AvgIpc) is 2.45. The van der Waals surface area contributed by atoms with E-state index >= 15 is 0 Å². The first kappa shape index (κ1) is 18.4. The van der Waals surface area contributed by atoms with Crippen LogP contribution in [0.1, 0.15) is 54.4 Å². The Morgan fingerprint density at radius 3 is 2.19 bits per heavy atom. The van der Waals surface area contributed by atoms with Gasteiger partial charge in [-0.2, -0.15) is 0 Å². The number of ketones is 1. The predicted molar refractivity (Wildman–Crippen MR) is 89.8 cm³/mol. The number of ether oxygens (including phenoxy) is 1. The Morgan fingerprint density at radius 1 is 1.19 bits per heavy atom. The molecule has 0 amide bonds. The van der Waals surface area contributed by atoms with Gasteiger partial charge in [-0.1, -0.05) is 20.8 Å². The van der Waals surface area contributed by atoms with E-state index in [0.29, 0.717) is 6.61 Å². The number of allylic oxidation sites excluding steroid dienone is 2. The highest BCUT2D eigenvalue weighted by atomic mass is 28.4. The number of carbonyl (C=O) groups excluding carboxylic acids is 1. The van der Waals surface area contributed by atoms with E-state index < -0.39 is 8.32 Å². The molecule has 0 N–H and O–H groups in total. The summed E-state index contributed by atoms with van der Waals surface area (Å²) in [5.41, 5.74) is -0.375. The number of carbonyl (C=O) groups is 1. The van der Waals surface area contributed by atoms with E-state index in [0.717, 1.165) is 36.7 Å². The van der Waals surface area contributed by atoms with Crippen molar-refractivity contribution in [1.29, 1.82) is 0 Å². The van der Waals surface area contributed by atoms with Gasteiger partial charge >= 0.3 is 0 Å². The topological polar surface area (TPSA) is 35.5 Å². The van der Waals surface area contributed by atoms with E-state index in [-0.39, 0.29) is 17.3 Å². The zero-order valence-corrected chi connectivity index (χ0v) is 15.6. The molecule has 0 aromatic rings. The zero-order chi connectivity index (χ0) is 16.1. The Balaban J connectivity index is 2.86. The lowest BCUT2D eigenvalue weighted by Crippen LogP contribution is -2.50. The molecule has 0 aromatic heterocycles. The standard InChI is InChI=1S/C17H32O3Si/c1-7-19-14-11-12-15(16(18)13-14)17(5,6)20-21(8-2,9-3)10-4/h13,15H,7-12H2,1-6H3. The van der Waals surface area contributed by atoms with Crippen LogP contribution in [0.2, 0.25) is 18.1 Å². The van der Waals surface area contributed by atoms with Crippen LogP contribution >= 0.6 is 0 Å². The van der Waals surface area contributed by atoms with E-state index in [1.54, 1.807) is 6.08 Å². The molecule has 1 rings (SSSR count). The van der Waals surface area contributed by atoms with Crippen LogP contribution in [0.4, 0.5) is 0 Å². The summed E-state index contributed by atoms with van der Waals surface area (Å²) >= 11 is 0. The normalized spacial score (nSPS) is 20.4. The van der Waals surface area contributed by atoms with Crippen LogP contribution in [0, 0.1) is 5.92 Å². The Hall–Kier alpha value is -0.613. The molecule has 0 saturated carbocycles. The van der Waals surface area contributed by atoms with E-state index in [1.165, 1.54) is 0 Å². The Morgan fingerprint density at radius 2 is 1.76 bits per heavy atom. The van der Waals surface area contributed by atoms with Crippen molar-refractivity contribution in [3.63, 3.8) is 0 Å². The Kier molecular flexibility index (Phi) is 6.66. The molecule has 0 aromatic carbocycles. The van der Waals surface area contributed by atoms with Crippen molar-refractivity contribution in [2.24, 2.45) is 5.92 Å². The molecule has 1 unspecified atom stereocenters. The molecule has 1 atom stereocenters.